The van der Waals surface area contributed by atoms with Crippen LogP contribution >= 0.6 is 11.3 Å². The van der Waals surface area contributed by atoms with Crippen LogP contribution in [0.15, 0.2) is 66.0 Å². The number of nitrogens with one attached hydrogen (secondary N) is 2. The molecule has 0 fully saturated rings. The van der Waals surface area contributed by atoms with Crippen molar-refractivity contribution in [1.82, 2.24) is 5.32 Å². The van der Waals surface area contributed by atoms with Crippen molar-refractivity contribution in [2.75, 3.05) is 18.4 Å². The molecule has 3 aromatic rings. The van der Waals surface area contributed by atoms with Crippen LogP contribution < -0.4 is 16.0 Å². The van der Waals surface area contributed by atoms with Crippen LogP contribution in [-0.4, -0.2) is 24.9 Å². The minimum Gasteiger partial charge on any atom is -0.352 e. The topological polar surface area (TPSA) is 74.8 Å². The summed E-state index contributed by atoms with van der Waals surface area (Å²) >= 11 is 1.69. The summed E-state index contributed by atoms with van der Waals surface area (Å²) in [5.74, 6) is -0.251. The van der Waals surface area contributed by atoms with Gasteiger partial charge in [-0.15, -0.1) is 11.3 Å². The molecule has 1 aromatic heterocycles. The molecule has 6 heteroatoms. The van der Waals surface area contributed by atoms with Crippen molar-refractivity contribution in [2.24, 2.45) is 0 Å². The SMILES string of the molecule is CCNC(=O)c1cccc(NC(=O)C[NH2+][C@H](c2ccc(C)cc2)c2cccs2)c1. The highest BCUT2D eigenvalue weighted by Crippen LogP contribution is 2.23. The molecular weight excluding hydrogens is 382 g/mol. The number of hydrogen-bond donors (Lipinski definition) is 3. The smallest absolute Gasteiger partial charge is 0.279 e. The lowest BCUT2D eigenvalue weighted by Crippen LogP contribution is -2.87. The molecule has 3 rings (SSSR count). The first-order chi connectivity index (χ1) is 14.1. The number of quaternary nitrogens is 1. The molecular formula is C23H26N3O2S+. The molecule has 0 saturated heterocycles. The van der Waals surface area contributed by atoms with Crippen molar-refractivity contribution in [3.05, 3.63) is 87.6 Å². The minimum absolute atomic E-state index is 0.0722. The third-order valence-corrected chi connectivity index (χ3v) is 5.53. The first-order valence-corrected chi connectivity index (χ1v) is 10.6. The number of anilines is 1. The van der Waals surface area contributed by atoms with Crippen LogP contribution in [0.2, 0.25) is 0 Å². The van der Waals surface area contributed by atoms with Crippen LogP contribution in [0.5, 0.6) is 0 Å². The molecule has 0 radical (unpaired) electrons. The predicted octanol–water partition coefficient (Wildman–Crippen LogP) is 3.10. The lowest BCUT2D eigenvalue weighted by molar-refractivity contribution is -0.675. The summed E-state index contributed by atoms with van der Waals surface area (Å²) in [6, 6.07) is 19.6. The molecule has 2 aromatic carbocycles. The average Bonchev–Trinajstić information content (AvgIpc) is 3.24. The van der Waals surface area contributed by atoms with Crippen LogP contribution in [0.1, 0.15) is 39.3 Å². The van der Waals surface area contributed by atoms with E-state index in [1.54, 1.807) is 35.6 Å². The second-order valence-electron chi connectivity index (χ2n) is 6.83. The van der Waals surface area contributed by atoms with Crippen molar-refractivity contribution < 1.29 is 14.9 Å². The number of thiophene rings is 1. The van der Waals surface area contributed by atoms with Crippen LogP contribution in [0.25, 0.3) is 0 Å². The first kappa shape index (κ1) is 20.8. The van der Waals surface area contributed by atoms with E-state index in [1.807, 2.05) is 18.3 Å². The standard InChI is InChI=1S/C23H25N3O2S/c1-3-24-23(28)18-6-4-7-19(14-18)26-21(27)15-25-22(20-8-5-13-29-20)17-11-9-16(2)10-12-17/h4-14,22,25H,3,15H2,1-2H3,(H,24,28)(H,26,27)/p+1/t22-/m1/s1. The molecule has 0 saturated carbocycles. The number of benzene rings is 2. The molecule has 150 valence electrons. The van der Waals surface area contributed by atoms with Gasteiger partial charge < -0.3 is 16.0 Å². The van der Waals surface area contributed by atoms with E-state index in [1.165, 1.54) is 16.0 Å². The molecule has 2 amide bonds. The Bertz CT molecular complexity index is 953. The molecule has 0 bridgehead atoms. The van der Waals surface area contributed by atoms with E-state index >= 15 is 0 Å². The van der Waals surface area contributed by atoms with Crippen LogP contribution in [0.4, 0.5) is 5.69 Å². The third kappa shape index (κ3) is 5.76. The fourth-order valence-electron chi connectivity index (χ4n) is 3.10. The molecule has 1 heterocycles. The zero-order chi connectivity index (χ0) is 20.6. The second-order valence-corrected chi connectivity index (χ2v) is 7.81. The summed E-state index contributed by atoms with van der Waals surface area (Å²) in [4.78, 5) is 25.7. The van der Waals surface area contributed by atoms with Crippen molar-refractivity contribution in [1.29, 1.82) is 0 Å². The third-order valence-electron chi connectivity index (χ3n) is 4.57. The Morgan fingerprint density at radius 2 is 1.86 bits per heavy atom. The van der Waals surface area contributed by atoms with Gasteiger partial charge in [0.05, 0.1) is 4.88 Å². The molecule has 0 spiro atoms. The maximum Gasteiger partial charge on any atom is 0.279 e. The van der Waals surface area contributed by atoms with E-state index in [0.717, 1.165) is 0 Å². The van der Waals surface area contributed by atoms with Crippen molar-refractivity contribution in [3.63, 3.8) is 0 Å². The number of aryl methyl sites for hydroxylation is 1. The monoisotopic (exact) mass is 408 g/mol. The fraction of sp³-hybridized carbons (Fsp3) is 0.217. The molecule has 4 N–H and O–H groups in total. The number of carbonyl (C=O) groups is 2. The fourth-order valence-corrected chi connectivity index (χ4v) is 3.95. The van der Waals surface area contributed by atoms with Gasteiger partial charge >= 0.3 is 0 Å². The number of rotatable bonds is 8. The zero-order valence-corrected chi connectivity index (χ0v) is 17.5. The highest BCUT2D eigenvalue weighted by molar-refractivity contribution is 7.10. The summed E-state index contributed by atoms with van der Waals surface area (Å²) in [6.07, 6.45) is 0. The maximum absolute atomic E-state index is 12.5. The highest BCUT2D eigenvalue weighted by Gasteiger charge is 2.20. The summed E-state index contributed by atoms with van der Waals surface area (Å²) in [5, 5.41) is 9.75. The zero-order valence-electron chi connectivity index (χ0n) is 16.6. The lowest BCUT2D eigenvalue weighted by Gasteiger charge is -2.15. The van der Waals surface area contributed by atoms with Gasteiger partial charge in [-0.3, -0.25) is 9.59 Å². The normalized spacial score (nSPS) is 11.7. The number of hydrogen-bond acceptors (Lipinski definition) is 3. The Labute approximate surface area is 175 Å². The van der Waals surface area contributed by atoms with Gasteiger partial charge in [0.2, 0.25) is 0 Å². The van der Waals surface area contributed by atoms with E-state index in [9.17, 15) is 9.59 Å². The molecule has 0 aliphatic carbocycles. The second kappa shape index (κ2) is 10.0. The Kier molecular flexibility index (Phi) is 7.16. The van der Waals surface area contributed by atoms with Gasteiger partial charge in [-0.25, -0.2) is 0 Å². The van der Waals surface area contributed by atoms with Crippen LogP contribution in [-0.2, 0) is 4.79 Å². The van der Waals surface area contributed by atoms with Crippen molar-refractivity contribution in [2.45, 2.75) is 19.9 Å². The molecule has 0 unspecified atom stereocenters. The van der Waals surface area contributed by atoms with Crippen molar-refractivity contribution in [3.8, 4) is 0 Å². The van der Waals surface area contributed by atoms with Crippen LogP contribution in [0.3, 0.4) is 0 Å². The van der Waals surface area contributed by atoms with Gasteiger partial charge in [0.25, 0.3) is 11.8 Å². The van der Waals surface area contributed by atoms with E-state index in [0.29, 0.717) is 17.8 Å². The van der Waals surface area contributed by atoms with E-state index < -0.39 is 0 Å². The van der Waals surface area contributed by atoms with E-state index in [-0.39, 0.29) is 24.4 Å². The maximum atomic E-state index is 12.5. The molecule has 1 atom stereocenters. The summed E-state index contributed by atoms with van der Waals surface area (Å²) in [6.45, 7) is 4.78. The average molecular weight is 409 g/mol. The summed E-state index contributed by atoms with van der Waals surface area (Å²) in [5.41, 5.74) is 3.53. The number of amides is 2. The Morgan fingerprint density at radius 1 is 1.07 bits per heavy atom. The van der Waals surface area contributed by atoms with E-state index in [2.05, 4.69) is 53.3 Å². The first-order valence-electron chi connectivity index (χ1n) is 9.68. The predicted molar refractivity (Wildman–Crippen MR) is 117 cm³/mol. The molecule has 0 aliphatic rings. The van der Waals surface area contributed by atoms with Gasteiger partial charge in [0, 0.05) is 23.4 Å². The van der Waals surface area contributed by atoms with Gasteiger partial charge in [0.1, 0.15) is 6.04 Å². The summed E-state index contributed by atoms with van der Waals surface area (Å²) < 4.78 is 0. The summed E-state index contributed by atoms with van der Waals surface area (Å²) in [7, 11) is 0. The van der Waals surface area contributed by atoms with Gasteiger partial charge in [-0.05, 0) is 43.5 Å². The largest absolute Gasteiger partial charge is 0.352 e. The quantitative estimate of drug-likeness (QED) is 0.536. The Morgan fingerprint density at radius 3 is 2.55 bits per heavy atom. The van der Waals surface area contributed by atoms with Crippen molar-refractivity contribution >= 4 is 28.8 Å². The Balaban J connectivity index is 1.66. The Hall–Kier alpha value is -2.96. The molecule has 5 nitrogen and oxygen atoms in total. The minimum atomic E-state index is -0.146. The lowest BCUT2D eigenvalue weighted by atomic mass is 10.0. The number of carbonyl (C=O) groups excluding carboxylic acids is 2. The highest BCUT2D eigenvalue weighted by atomic mass is 32.1. The molecule has 0 aliphatic heterocycles. The van der Waals surface area contributed by atoms with Gasteiger partial charge in [-0.2, -0.15) is 0 Å². The van der Waals surface area contributed by atoms with Crippen LogP contribution in [0, 0.1) is 6.92 Å². The van der Waals surface area contributed by atoms with Gasteiger partial charge in [-0.1, -0.05) is 42.0 Å². The van der Waals surface area contributed by atoms with E-state index in [4.69, 9.17) is 0 Å². The number of nitrogens with two attached hydrogens (primary N) is 1. The van der Waals surface area contributed by atoms with Gasteiger partial charge in [0.15, 0.2) is 6.54 Å². The molecule has 29 heavy (non-hydrogen) atoms.